The Balaban J connectivity index is 1.37. The van der Waals surface area contributed by atoms with Crippen LogP contribution >= 0.6 is 11.8 Å². The summed E-state index contributed by atoms with van der Waals surface area (Å²) in [6.45, 7) is 2.11. The number of halogens is 1. The SMILES string of the molecule is CC(Nc1nc2cc(N(C)c3ccnc(Nc4cccc(S(=O)(=O)NCl)c4)n3)ccc2n1C)c1ccccc1. The lowest BCUT2D eigenvalue weighted by molar-refractivity contribution is 0.594. The van der Waals surface area contributed by atoms with Crippen LogP contribution in [0.2, 0.25) is 0 Å². The first-order valence-corrected chi connectivity index (χ1v) is 14.0. The van der Waals surface area contributed by atoms with Gasteiger partial charge >= 0.3 is 0 Å². The minimum Gasteiger partial charge on any atom is -0.349 e. The van der Waals surface area contributed by atoms with Crippen LogP contribution in [0.1, 0.15) is 18.5 Å². The molecule has 12 heteroatoms. The molecule has 0 saturated heterocycles. The van der Waals surface area contributed by atoms with Crippen molar-refractivity contribution in [3.8, 4) is 0 Å². The number of benzene rings is 3. The third-order valence-corrected chi connectivity index (χ3v) is 8.07. The van der Waals surface area contributed by atoms with Gasteiger partial charge < -0.3 is 20.1 Å². The van der Waals surface area contributed by atoms with Crippen LogP contribution in [0.3, 0.4) is 0 Å². The van der Waals surface area contributed by atoms with E-state index in [-0.39, 0.29) is 10.9 Å². The standard InChI is InChI=1S/C27H27ClN8O2S/c1-18(19-8-5-4-6-9-19)30-27-32-23-17-21(12-13-24(23)36(27)3)35(2)25-14-15-29-26(33-25)31-20-10-7-11-22(16-20)39(37,38)34-28/h4-18,34H,1-3H3,(H,30,32)(H,29,31,33). The largest absolute Gasteiger partial charge is 0.349 e. The van der Waals surface area contributed by atoms with Crippen molar-refractivity contribution in [2.24, 2.45) is 7.05 Å². The summed E-state index contributed by atoms with van der Waals surface area (Å²) >= 11 is 5.35. The summed E-state index contributed by atoms with van der Waals surface area (Å²) in [5.41, 5.74) is 4.43. The van der Waals surface area contributed by atoms with E-state index in [2.05, 4.69) is 39.7 Å². The van der Waals surface area contributed by atoms with E-state index in [0.717, 1.165) is 22.7 Å². The van der Waals surface area contributed by atoms with Gasteiger partial charge in [-0.25, -0.2) is 18.4 Å². The van der Waals surface area contributed by atoms with Crippen LogP contribution < -0.4 is 19.8 Å². The molecule has 2 aromatic heterocycles. The molecule has 0 bridgehead atoms. The third-order valence-electron chi connectivity index (χ3n) is 6.38. The number of imidazole rings is 1. The molecule has 3 N–H and O–H groups in total. The fourth-order valence-corrected chi connectivity index (χ4v) is 5.08. The van der Waals surface area contributed by atoms with Gasteiger partial charge in [-0.15, -0.1) is 4.24 Å². The van der Waals surface area contributed by atoms with Crippen molar-refractivity contribution in [3.63, 3.8) is 0 Å². The van der Waals surface area contributed by atoms with Crippen LogP contribution in [0.5, 0.6) is 0 Å². The van der Waals surface area contributed by atoms with Gasteiger partial charge in [0.25, 0.3) is 10.0 Å². The van der Waals surface area contributed by atoms with Crippen molar-refractivity contribution in [2.75, 3.05) is 22.6 Å². The summed E-state index contributed by atoms with van der Waals surface area (Å²) in [6, 6.07) is 24.4. The van der Waals surface area contributed by atoms with Crippen molar-refractivity contribution in [3.05, 3.63) is 90.6 Å². The van der Waals surface area contributed by atoms with Crippen molar-refractivity contribution in [2.45, 2.75) is 17.9 Å². The Kier molecular flexibility index (Phi) is 7.38. The topological polar surface area (TPSA) is 117 Å². The molecule has 0 saturated carbocycles. The molecule has 0 amide bonds. The second kappa shape index (κ2) is 10.9. The summed E-state index contributed by atoms with van der Waals surface area (Å²) in [6.07, 6.45) is 1.63. The van der Waals surface area contributed by atoms with Gasteiger partial charge in [0.15, 0.2) is 0 Å². The number of nitrogens with one attached hydrogen (secondary N) is 3. The first kappa shape index (κ1) is 26.4. The first-order chi connectivity index (χ1) is 18.7. The number of fused-ring (bicyclic) bond motifs is 1. The molecule has 0 aliphatic heterocycles. The van der Waals surface area contributed by atoms with Gasteiger partial charge in [-0.2, -0.15) is 4.98 Å². The Morgan fingerprint density at radius 3 is 2.54 bits per heavy atom. The van der Waals surface area contributed by atoms with Gasteiger partial charge in [0.1, 0.15) is 5.82 Å². The van der Waals surface area contributed by atoms with Crippen LogP contribution in [0.15, 0.2) is 90.0 Å². The Morgan fingerprint density at radius 2 is 1.77 bits per heavy atom. The maximum Gasteiger partial charge on any atom is 0.253 e. The normalized spacial score (nSPS) is 12.3. The highest BCUT2D eigenvalue weighted by Gasteiger charge is 2.15. The van der Waals surface area contributed by atoms with Crippen LogP contribution in [0.25, 0.3) is 11.0 Å². The molecule has 0 fully saturated rings. The monoisotopic (exact) mass is 562 g/mol. The molecule has 5 aromatic rings. The van der Waals surface area contributed by atoms with Gasteiger partial charge in [0.05, 0.1) is 22.0 Å². The number of rotatable bonds is 9. The predicted octanol–water partition coefficient (Wildman–Crippen LogP) is 5.48. The lowest BCUT2D eigenvalue weighted by Crippen LogP contribution is -2.14. The van der Waals surface area contributed by atoms with E-state index in [4.69, 9.17) is 16.8 Å². The van der Waals surface area contributed by atoms with Crippen molar-refractivity contribution in [1.29, 1.82) is 0 Å². The Morgan fingerprint density at radius 1 is 0.974 bits per heavy atom. The summed E-state index contributed by atoms with van der Waals surface area (Å²) in [5.74, 6) is 1.74. The maximum atomic E-state index is 12.0. The molecule has 200 valence electrons. The highest BCUT2D eigenvalue weighted by molar-refractivity contribution is 7.90. The highest BCUT2D eigenvalue weighted by atomic mass is 35.5. The Hall–Kier alpha value is -4.19. The van der Waals surface area contributed by atoms with Crippen LogP contribution in [0.4, 0.5) is 29.1 Å². The summed E-state index contributed by atoms with van der Waals surface area (Å²) in [4.78, 5) is 15.7. The molecule has 10 nitrogen and oxygen atoms in total. The number of sulfonamides is 1. The first-order valence-electron chi connectivity index (χ1n) is 12.1. The molecule has 3 aromatic carbocycles. The molecule has 0 aliphatic rings. The number of aryl methyl sites for hydroxylation is 1. The molecule has 2 heterocycles. The van der Waals surface area contributed by atoms with Crippen LogP contribution in [0, 0.1) is 0 Å². The molecule has 0 spiro atoms. The average Bonchev–Trinajstić information content (AvgIpc) is 3.27. The van der Waals surface area contributed by atoms with Gasteiger partial charge in [-0.1, -0.05) is 36.4 Å². The van der Waals surface area contributed by atoms with Crippen LogP contribution in [-0.4, -0.2) is 35.0 Å². The minimum atomic E-state index is -3.80. The maximum absolute atomic E-state index is 12.0. The number of hydrogen-bond donors (Lipinski definition) is 3. The van der Waals surface area contributed by atoms with E-state index in [1.165, 1.54) is 17.7 Å². The zero-order valence-electron chi connectivity index (χ0n) is 21.5. The zero-order valence-corrected chi connectivity index (χ0v) is 23.1. The molecule has 5 rings (SSSR count). The van der Waals surface area contributed by atoms with Crippen molar-refractivity contribution < 1.29 is 8.42 Å². The van der Waals surface area contributed by atoms with Gasteiger partial charge in [-0.3, -0.25) is 0 Å². The van der Waals surface area contributed by atoms with Crippen LogP contribution in [-0.2, 0) is 17.1 Å². The molecule has 39 heavy (non-hydrogen) atoms. The van der Waals surface area contributed by atoms with E-state index in [1.54, 1.807) is 28.6 Å². The molecule has 0 aliphatic carbocycles. The summed E-state index contributed by atoms with van der Waals surface area (Å²) < 4.78 is 27.9. The zero-order chi connectivity index (χ0) is 27.6. The highest BCUT2D eigenvalue weighted by Crippen LogP contribution is 2.29. The number of aromatic nitrogens is 4. The fraction of sp³-hybridized carbons (Fsp3) is 0.148. The van der Waals surface area contributed by atoms with E-state index < -0.39 is 10.0 Å². The van der Waals surface area contributed by atoms with E-state index >= 15 is 0 Å². The predicted molar refractivity (Wildman–Crippen MR) is 155 cm³/mol. The van der Waals surface area contributed by atoms with E-state index in [9.17, 15) is 8.42 Å². The summed E-state index contributed by atoms with van der Waals surface area (Å²) in [5, 5.41) is 6.56. The Labute approximate surface area is 231 Å². The number of anilines is 5. The lowest BCUT2D eigenvalue weighted by Gasteiger charge is -2.19. The quantitative estimate of drug-likeness (QED) is 0.202. The molecule has 1 unspecified atom stereocenters. The fourth-order valence-electron chi connectivity index (χ4n) is 4.19. The second-order valence-corrected chi connectivity index (χ2v) is 11.1. The Bertz CT molecular complexity index is 1730. The van der Waals surface area contributed by atoms with Gasteiger partial charge in [-0.05, 0) is 66.7 Å². The molecule has 1 atom stereocenters. The summed E-state index contributed by atoms with van der Waals surface area (Å²) in [7, 11) is 0.103. The third kappa shape index (κ3) is 5.65. The molecule has 0 radical (unpaired) electrons. The smallest absolute Gasteiger partial charge is 0.253 e. The number of hydrogen-bond acceptors (Lipinski definition) is 8. The average molecular weight is 563 g/mol. The number of nitrogens with zero attached hydrogens (tertiary/aromatic N) is 5. The van der Waals surface area contributed by atoms with Crippen molar-refractivity contribution >= 4 is 61.9 Å². The lowest BCUT2D eigenvalue weighted by atomic mass is 10.1. The second-order valence-electron chi connectivity index (χ2n) is 8.98. The van der Waals surface area contributed by atoms with Crippen molar-refractivity contribution in [1.82, 2.24) is 23.8 Å². The van der Waals surface area contributed by atoms with E-state index in [0.29, 0.717) is 17.5 Å². The molecular weight excluding hydrogens is 536 g/mol. The molecular formula is C27H27ClN8O2S. The van der Waals surface area contributed by atoms with Gasteiger partial charge in [0.2, 0.25) is 11.9 Å². The minimum absolute atomic E-state index is 0.0199. The van der Waals surface area contributed by atoms with Gasteiger partial charge in [0, 0.05) is 31.7 Å². The van der Waals surface area contributed by atoms with E-state index in [1.807, 2.05) is 60.0 Å².